The summed E-state index contributed by atoms with van der Waals surface area (Å²) in [5.41, 5.74) is 8.52. The number of rotatable bonds is 4. The minimum atomic E-state index is -0.303. The van der Waals surface area contributed by atoms with Gasteiger partial charge in [0, 0.05) is 12.5 Å². The molecule has 1 unspecified atom stereocenters. The van der Waals surface area contributed by atoms with Crippen molar-refractivity contribution >= 4 is 0 Å². The van der Waals surface area contributed by atoms with Gasteiger partial charge in [-0.05, 0) is 43.0 Å². The summed E-state index contributed by atoms with van der Waals surface area (Å²) in [5, 5.41) is 9.12. The van der Waals surface area contributed by atoms with E-state index in [1.165, 1.54) is 11.1 Å². The quantitative estimate of drug-likeness (QED) is 0.815. The van der Waals surface area contributed by atoms with Crippen LogP contribution in [0.5, 0.6) is 5.75 Å². The number of hydrogen-bond acceptors (Lipinski definition) is 3. The van der Waals surface area contributed by atoms with E-state index in [1.54, 1.807) is 6.92 Å². The third kappa shape index (κ3) is 2.54. The molecule has 0 amide bonds. The van der Waals surface area contributed by atoms with E-state index >= 15 is 0 Å². The van der Waals surface area contributed by atoms with E-state index in [2.05, 4.69) is 12.1 Å². The number of fused-ring (bicyclic) bond motifs is 1. The number of aliphatic hydroxyl groups excluding tert-OH is 1. The first-order chi connectivity index (χ1) is 7.66. The van der Waals surface area contributed by atoms with Crippen LogP contribution in [0.25, 0.3) is 0 Å². The van der Waals surface area contributed by atoms with Crippen molar-refractivity contribution in [3.05, 3.63) is 29.3 Å². The third-order valence-electron chi connectivity index (χ3n) is 3.04. The lowest BCUT2D eigenvalue weighted by Crippen LogP contribution is -2.08. The van der Waals surface area contributed by atoms with Gasteiger partial charge in [-0.2, -0.15) is 0 Å². The summed E-state index contributed by atoms with van der Waals surface area (Å²) >= 11 is 0. The Morgan fingerprint density at radius 1 is 1.56 bits per heavy atom. The van der Waals surface area contributed by atoms with Crippen molar-refractivity contribution in [1.29, 1.82) is 0 Å². The van der Waals surface area contributed by atoms with Gasteiger partial charge in [-0.25, -0.2) is 0 Å². The van der Waals surface area contributed by atoms with Crippen LogP contribution >= 0.6 is 0 Å². The maximum absolute atomic E-state index is 9.12. The molecule has 3 heteroatoms. The first kappa shape index (κ1) is 11.4. The molecule has 0 bridgehead atoms. The van der Waals surface area contributed by atoms with E-state index in [0.717, 1.165) is 18.6 Å². The van der Waals surface area contributed by atoms with Gasteiger partial charge in [-0.15, -0.1) is 0 Å². The highest BCUT2D eigenvalue weighted by Crippen LogP contribution is 2.31. The Bertz CT molecular complexity index is 363. The van der Waals surface area contributed by atoms with Gasteiger partial charge < -0.3 is 15.6 Å². The van der Waals surface area contributed by atoms with Crippen LogP contribution in [0.3, 0.4) is 0 Å². The number of hydrogen-bond donors (Lipinski definition) is 2. The maximum atomic E-state index is 9.12. The highest BCUT2D eigenvalue weighted by Gasteiger charge is 2.18. The van der Waals surface area contributed by atoms with Crippen LogP contribution in [0, 0.1) is 0 Å². The third-order valence-corrected chi connectivity index (χ3v) is 3.04. The maximum Gasteiger partial charge on any atom is 0.119 e. The fraction of sp³-hybridized carbons (Fsp3) is 0.538. The van der Waals surface area contributed by atoms with E-state index < -0.39 is 0 Å². The van der Waals surface area contributed by atoms with Gasteiger partial charge in [0.05, 0.1) is 12.7 Å². The van der Waals surface area contributed by atoms with E-state index in [4.69, 9.17) is 15.6 Å². The highest BCUT2D eigenvalue weighted by atomic mass is 16.5. The molecule has 0 aromatic heterocycles. The van der Waals surface area contributed by atoms with Crippen molar-refractivity contribution in [3.63, 3.8) is 0 Å². The average molecular weight is 221 g/mol. The summed E-state index contributed by atoms with van der Waals surface area (Å²) in [5.74, 6) is 0.883. The summed E-state index contributed by atoms with van der Waals surface area (Å²) in [4.78, 5) is 0. The number of ether oxygens (including phenoxy) is 1. The average Bonchev–Trinajstić information content (AvgIpc) is 2.60. The zero-order valence-electron chi connectivity index (χ0n) is 9.65. The first-order valence-electron chi connectivity index (χ1n) is 5.86. The van der Waals surface area contributed by atoms with Gasteiger partial charge in [0.25, 0.3) is 0 Å². The van der Waals surface area contributed by atoms with Crippen LogP contribution in [0.15, 0.2) is 18.2 Å². The molecular weight excluding hydrogens is 202 g/mol. The molecule has 1 aromatic carbocycles. The molecule has 0 fully saturated rings. The Morgan fingerprint density at radius 3 is 3.12 bits per heavy atom. The van der Waals surface area contributed by atoms with Gasteiger partial charge in [0.2, 0.25) is 0 Å². The smallest absolute Gasteiger partial charge is 0.119 e. The van der Waals surface area contributed by atoms with Gasteiger partial charge in [-0.3, -0.25) is 0 Å². The Kier molecular flexibility index (Phi) is 3.46. The largest absolute Gasteiger partial charge is 0.493 e. The zero-order chi connectivity index (χ0) is 11.5. The molecule has 1 aromatic rings. The first-order valence-corrected chi connectivity index (χ1v) is 5.86. The second-order valence-electron chi connectivity index (χ2n) is 4.49. The fourth-order valence-electron chi connectivity index (χ4n) is 2.06. The molecule has 0 radical (unpaired) electrons. The molecule has 1 aliphatic carbocycles. The molecule has 0 saturated heterocycles. The van der Waals surface area contributed by atoms with Crippen LogP contribution in [-0.2, 0) is 6.42 Å². The van der Waals surface area contributed by atoms with E-state index in [-0.39, 0.29) is 12.1 Å². The van der Waals surface area contributed by atoms with Crippen molar-refractivity contribution in [3.8, 4) is 5.75 Å². The number of nitrogens with two attached hydrogens (primary N) is 1. The van der Waals surface area contributed by atoms with Gasteiger partial charge in [-0.1, -0.05) is 6.07 Å². The molecule has 16 heavy (non-hydrogen) atoms. The van der Waals surface area contributed by atoms with E-state index in [1.807, 2.05) is 6.07 Å². The summed E-state index contributed by atoms with van der Waals surface area (Å²) < 4.78 is 5.58. The monoisotopic (exact) mass is 221 g/mol. The van der Waals surface area contributed by atoms with Crippen LogP contribution in [0.4, 0.5) is 0 Å². The molecule has 3 nitrogen and oxygen atoms in total. The van der Waals surface area contributed by atoms with Crippen LogP contribution in [0.2, 0.25) is 0 Å². The van der Waals surface area contributed by atoms with Gasteiger partial charge in [0.15, 0.2) is 0 Å². The molecular formula is C13H19NO2. The van der Waals surface area contributed by atoms with Crippen LogP contribution < -0.4 is 10.5 Å². The number of aryl methyl sites for hydroxylation is 1. The van der Waals surface area contributed by atoms with Crippen LogP contribution in [-0.4, -0.2) is 17.8 Å². The van der Waals surface area contributed by atoms with Crippen molar-refractivity contribution in [2.75, 3.05) is 6.61 Å². The van der Waals surface area contributed by atoms with Gasteiger partial charge >= 0.3 is 0 Å². The van der Waals surface area contributed by atoms with Crippen molar-refractivity contribution < 1.29 is 9.84 Å². The minimum absolute atomic E-state index is 0.196. The van der Waals surface area contributed by atoms with Gasteiger partial charge in [0.1, 0.15) is 5.75 Å². The molecule has 0 heterocycles. The predicted octanol–water partition coefficient (Wildman–Crippen LogP) is 1.78. The molecule has 1 aliphatic rings. The second kappa shape index (κ2) is 4.85. The summed E-state index contributed by atoms with van der Waals surface area (Å²) in [7, 11) is 0. The predicted molar refractivity (Wildman–Crippen MR) is 63.5 cm³/mol. The highest BCUT2D eigenvalue weighted by molar-refractivity contribution is 5.40. The SMILES string of the molecule is CC(O)CCOc1ccc2c(c1)CC[C@H]2N. The molecule has 0 spiro atoms. The van der Waals surface area contributed by atoms with Crippen molar-refractivity contribution in [2.45, 2.75) is 38.3 Å². The second-order valence-corrected chi connectivity index (χ2v) is 4.49. The molecule has 2 rings (SSSR count). The summed E-state index contributed by atoms with van der Waals surface area (Å²) in [6, 6.07) is 6.29. The van der Waals surface area contributed by atoms with Crippen molar-refractivity contribution in [2.24, 2.45) is 5.73 Å². The van der Waals surface area contributed by atoms with E-state index in [0.29, 0.717) is 13.0 Å². The summed E-state index contributed by atoms with van der Waals surface area (Å²) in [6.07, 6.45) is 2.44. The summed E-state index contributed by atoms with van der Waals surface area (Å²) in [6.45, 7) is 2.33. The molecule has 88 valence electrons. The minimum Gasteiger partial charge on any atom is -0.493 e. The van der Waals surface area contributed by atoms with Crippen molar-refractivity contribution in [1.82, 2.24) is 0 Å². The number of benzene rings is 1. The topological polar surface area (TPSA) is 55.5 Å². The van der Waals surface area contributed by atoms with Crippen LogP contribution in [0.1, 0.15) is 36.9 Å². The Hall–Kier alpha value is -1.06. The van der Waals surface area contributed by atoms with E-state index in [9.17, 15) is 0 Å². The molecule has 3 N–H and O–H groups in total. The zero-order valence-corrected chi connectivity index (χ0v) is 9.65. The lowest BCUT2D eigenvalue weighted by molar-refractivity contribution is 0.155. The molecule has 0 aliphatic heterocycles. The normalized spacial score (nSPS) is 20.6. The Morgan fingerprint density at radius 2 is 2.38 bits per heavy atom. The number of aliphatic hydroxyl groups is 1. The lowest BCUT2D eigenvalue weighted by atomic mass is 10.1. The Balaban J connectivity index is 1.97. The standard InChI is InChI=1S/C13H19NO2/c1-9(15)6-7-16-11-3-4-12-10(8-11)2-5-13(12)14/h3-4,8-9,13,15H,2,5-7,14H2,1H3/t9?,13-/m1/s1. The fourth-order valence-corrected chi connectivity index (χ4v) is 2.06. The lowest BCUT2D eigenvalue weighted by Gasteiger charge is -2.10. The molecule has 2 atom stereocenters. The molecule has 0 saturated carbocycles. The Labute approximate surface area is 96.2 Å².